The molecule has 172 valence electrons. The van der Waals surface area contributed by atoms with Gasteiger partial charge in [-0.25, -0.2) is 9.37 Å². The Balaban J connectivity index is 0.000000300. The summed E-state index contributed by atoms with van der Waals surface area (Å²) < 4.78 is 25.2. The number of nitrogens with zero attached hydrogens (tertiary/aromatic N) is 4. The summed E-state index contributed by atoms with van der Waals surface area (Å²) in [6.07, 6.45) is 4.16. The third kappa shape index (κ3) is 4.61. The van der Waals surface area contributed by atoms with Gasteiger partial charge in [0.25, 0.3) is 5.89 Å². The Bertz CT molecular complexity index is 1070. The molecule has 4 heterocycles. The molecule has 0 radical (unpaired) electrons. The molecule has 5 rings (SSSR count). The van der Waals surface area contributed by atoms with Crippen molar-refractivity contribution in [1.82, 2.24) is 15.1 Å². The van der Waals surface area contributed by atoms with Crippen LogP contribution in [0.2, 0.25) is 0 Å². The van der Waals surface area contributed by atoms with Crippen LogP contribution >= 0.6 is 0 Å². The monoisotopic (exact) mass is 441 g/mol. The zero-order valence-electron chi connectivity index (χ0n) is 19.2. The average Bonchev–Trinajstić information content (AvgIpc) is 3.57. The van der Waals surface area contributed by atoms with Gasteiger partial charge in [-0.2, -0.15) is 4.98 Å². The zero-order valence-corrected chi connectivity index (χ0v) is 19.2. The maximum absolute atomic E-state index is 14.7. The van der Waals surface area contributed by atoms with Gasteiger partial charge in [-0.15, -0.1) is 0 Å². The largest absolute Gasteiger partial charge is 0.381 e. The maximum atomic E-state index is 14.7. The lowest BCUT2D eigenvalue weighted by molar-refractivity contribution is 0.187. The number of aryl methyl sites for hydroxylation is 3. The molecule has 0 aliphatic carbocycles. The van der Waals surface area contributed by atoms with E-state index in [4.69, 9.17) is 20.0 Å². The summed E-state index contributed by atoms with van der Waals surface area (Å²) in [5.74, 6) is 2.16. The van der Waals surface area contributed by atoms with Crippen LogP contribution in [0.15, 0.2) is 16.7 Å². The topological polar surface area (TPSA) is 90.3 Å². The fraction of sp³-hybridized carbons (Fsp3) is 0.542. The van der Waals surface area contributed by atoms with Gasteiger partial charge in [0, 0.05) is 25.1 Å². The highest BCUT2D eigenvalue weighted by Crippen LogP contribution is 2.38. The van der Waals surface area contributed by atoms with Crippen LogP contribution in [0.25, 0.3) is 22.4 Å². The molecule has 2 saturated heterocycles. The first-order valence-corrected chi connectivity index (χ1v) is 11.5. The molecule has 0 spiro atoms. The summed E-state index contributed by atoms with van der Waals surface area (Å²) in [6.45, 7) is 10.2. The highest BCUT2D eigenvalue weighted by molar-refractivity contribution is 5.93. The van der Waals surface area contributed by atoms with Gasteiger partial charge in [0.1, 0.15) is 17.2 Å². The predicted molar refractivity (Wildman–Crippen MR) is 123 cm³/mol. The normalized spacial score (nSPS) is 18.3. The van der Waals surface area contributed by atoms with Crippen LogP contribution in [0.5, 0.6) is 0 Å². The van der Waals surface area contributed by atoms with Gasteiger partial charge in [0.2, 0.25) is 0 Å². The standard InChI is InChI=1S/C19H21FN4O.C5H11NO/c1-4-13-9-14-11(2)16(19-21-12(3)23-25-19)18(24-7-5-6-8-24)22-17(14)15(20)10-13;6-3-5-1-2-7-4-5/h9-10H,4-8H2,1-3H3;5H,1-4,6H2. The summed E-state index contributed by atoms with van der Waals surface area (Å²) in [5, 5.41) is 4.74. The fourth-order valence-corrected chi connectivity index (χ4v) is 4.30. The number of aromatic nitrogens is 3. The lowest BCUT2D eigenvalue weighted by Gasteiger charge is -2.21. The molecule has 2 N–H and O–H groups in total. The van der Waals surface area contributed by atoms with E-state index in [1.54, 1.807) is 13.0 Å². The number of nitrogens with two attached hydrogens (primary N) is 1. The molecule has 0 bridgehead atoms. The Labute approximate surface area is 188 Å². The molecule has 2 fully saturated rings. The third-order valence-corrected chi connectivity index (χ3v) is 6.26. The third-order valence-electron chi connectivity index (χ3n) is 6.26. The molecular weight excluding hydrogens is 409 g/mol. The second kappa shape index (κ2) is 9.92. The second-order valence-corrected chi connectivity index (χ2v) is 8.57. The highest BCUT2D eigenvalue weighted by Gasteiger charge is 2.26. The SMILES string of the molecule is CCc1cc(F)c2nc(N3CCCC3)c(-c3nc(C)no3)c(C)c2c1.NCC1CCOC1. The van der Waals surface area contributed by atoms with E-state index in [9.17, 15) is 4.39 Å². The van der Waals surface area contributed by atoms with Crippen molar-refractivity contribution in [2.45, 2.75) is 46.5 Å². The van der Waals surface area contributed by atoms with Crippen LogP contribution in [0, 0.1) is 25.6 Å². The van der Waals surface area contributed by atoms with Gasteiger partial charge >= 0.3 is 0 Å². The van der Waals surface area contributed by atoms with Crippen molar-refractivity contribution in [2.75, 3.05) is 37.7 Å². The first-order chi connectivity index (χ1) is 15.5. The van der Waals surface area contributed by atoms with Crippen molar-refractivity contribution in [3.63, 3.8) is 0 Å². The number of pyridine rings is 1. The van der Waals surface area contributed by atoms with Crippen LogP contribution in [0.3, 0.4) is 0 Å². The van der Waals surface area contributed by atoms with Crippen LogP contribution in [-0.4, -0.2) is 48.0 Å². The van der Waals surface area contributed by atoms with Crippen molar-refractivity contribution < 1.29 is 13.7 Å². The summed E-state index contributed by atoms with van der Waals surface area (Å²) >= 11 is 0. The highest BCUT2D eigenvalue weighted by atomic mass is 19.1. The second-order valence-electron chi connectivity index (χ2n) is 8.57. The van der Waals surface area contributed by atoms with E-state index in [2.05, 4.69) is 15.0 Å². The van der Waals surface area contributed by atoms with Gasteiger partial charge in [0.05, 0.1) is 12.2 Å². The molecule has 0 amide bonds. The van der Waals surface area contributed by atoms with E-state index in [1.165, 1.54) is 0 Å². The Morgan fingerprint density at radius 2 is 1.97 bits per heavy atom. The number of fused-ring (bicyclic) bond motifs is 1. The number of anilines is 1. The van der Waals surface area contributed by atoms with E-state index in [1.807, 2.05) is 19.9 Å². The van der Waals surface area contributed by atoms with Crippen molar-refractivity contribution in [3.05, 3.63) is 34.9 Å². The molecule has 2 aliphatic heterocycles. The lowest BCUT2D eigenvalue weighted by atomic mass is 10.00. The van der Waals surface area contributed by atoms with E-state index >= 15 is 0 Å². The molecule has 1 aromatic carbocycles. The number of hydrogen-bond donors (Lipinski definition) is 1. The van der Waals surface area contributed by atoms with Crippen molar-refractivity contribution in [1.29, 1.82) is 0 Å². The first kappa shape index (κ1) is 22.6. The van der Waals surface area contributed by atoms with Crippen LogP contribution in [0.1, 0.15) is 43.1 Å². The molecule has 1 unspecified atom stereocenters. The molecule has 2 aliphatic rings. The van der Waals surface area contributed by atoms with E-state index in [-0.39, 0.29) is 5.82 Å². The summed E-state index contributed by atoms with van der Waals surface area (Å²) in [6, 6.07) is 3.60. The van der Waals surface area contributed by atoms with Crippen LogP contribution < -0.4 is 10.6 Å². The van der Waals surface area contributed by atoms with Crippen molar-refractivity contribution >= 4 is 16.7 Å². The Morgan fingerprint density at radius 1 is 1.19 bits per heavy atom. The minimum atomic E-state index is -0.272. The molecule has 1 atom stereocenters. The summed E-state index contributed by atoms with van der Waals surface area (Å²) in [5.41, 5.74) is 8.48. The zero-order chi connectivity index (χ0) is 22.7. The van der Waals surface area contributed by atoms with Gasteiger partial charge < -0.3 is 19.9 Å². The smallest absolute Gasteiger partial charge is 0.261 e. The molecular formula is C24H32FN5O2. The number of benzene rings is 1. The Kier molecular flexibility index (Phi) is 7.01. The van der Waals surface area contributed by atoms with Crippen LogP contribution in [-0.2, 0) is 11.2 Å². The quantitative estimate of drug-likeness (QED) is 0.649. The first-order valence-electron chi connectivity index (χ1n) is 11.5. The Hall–Kier alpha value is -2.58. The van der Waals surface area contributed by atoms with Crippen molar-refractivity contribution in [3.8, 4) is 11.5 Å². The van der Waals surface area contributed by atoms with E-state index in [0.717, 1.165) is 86.4 Å². The van der Waals surface area contributed by atoms with Crippen LogP contribution in [0.4, 0.5) is 10.2 Å². The number of ether oxygens (including phenoxy) is 1. The van der Waals surface area contributed by atoms with Gasteiger partial charge in [-0.3, -0.25) is 0 Å². The maximum Gasteiger partial charge on any atom is 0.261 e. The summed E-state index contributed by atoms with van der Waals surface area (Å²) in [7, 11) is 0. The lowest BCUT2D eigenvalue weighted by Crippen LogP contribution is -2.20. The number of hydrogen-bond acceptors (Lipinski definition) is 7. The van der Waals surface area contributed by atoms with E-state index in [0.29, 0.717) is 23.1 Å². The average molecular weight is 442 g/mol. The molecule has 8 heteroatoms. The van der Waals surface area contributed by atoms with Crippen molar-refractivity contribution in [2.24, 2.45) is 11.7 Å². The predicted octanol–water partition coefficient (Wildman–Crippen LogP) is 4.18. The van der Waals surface area contributed by atoms with Gasteiger partial charge in [-0.1, -0.05) is 12.1 Å². The molecule has 0 saturated carbocycles. The number of halogens is 1. The van der Waals surface area contributed by atoms with Gasteiger partial charge in [-0.05, 0) is 75.3 Å². The molecule has 2 aromatic heterocycles. The number of rotatable bonds is 4. The molecule has 3 aromatic rings. The Morgan fingerprint density at radius 3 is 2.53 bits per heavy atom. The fourth-order valence-electron chi connectivity index (χ4n) is 4.30. The molecule has 32 heavy (non-hydrogen) atoms. The molecule has 7 nitrogen and oxygen atoms in total. The summed E-state index contributed by atoms with van der Waals surface area (Å²) in [4.78, 5) is 11.3. The van der Waals surface area contributed by atoms with Gasteiger partial charge in [0.15, 0.2) is 5.82 Å². The minimum absolute atomic E-state index is 0.272. The minimum Gasteiger partial charge on any atom is -0.381 e. The van der Waals surface area contributed by atoms with E-state index < -0.39 is 0 Å².